The number of aromatic nitrogens is 2. The zero-order valence-corrected chi connectivity index (χ0v) is 8.53. The Balaban J connectivity index is 1.67. The minimum Gasteiger partial charge on any atom is -0.381 e. The Kier molecular flexibility index (Phi) is 3.34. The second kappa shape index (κ2) is 4.93. The molecule has 5 heteroatoms. The summed E-state index contributed by atoms with van der Waals surface area (Å²) in [7, 11) is 0. The SMILES string of the molecule is O=C(NCCc1ncc[nH]1)C1CCOC1. The molecule has 0 saturated carbocycles. The Bertz CT molecular complexity index is 304. The lowest BCUT2D eigenvalue weighted by Crippen LogP contribution is -2.32. The zero-order chi connectivity index (χ0) is 10.5. The lowest BCUT2D eigenvalue weighted by atomic mass is 10.1. The molecular formula is C10H15N3O2. The molecule has 1 aliphatic rings. The molecule has 1 aromatic rings. The molecule has 82 valence electrons. The highest BCUT2D eigenvalue weighted by molar-refractivity contribution is 5.78. The van der Waals surface area contributed by atoms with E-state index >= 15 is 0 Å². The summed E-state index contributed by atoms with van der Waals surface area (Å²) in [6.07, 6.45) is 5.07. The molecule has 1 atom stereocenters. The standard InChI is InChI=1S/C10H15N3O2/c14-10(8-2-6-15-7-8)13-3-1-9-11-4-5-12-9/h4-5,8H,1-3,6-7H2,(H,11,12)(H,13,14). The summed E-state index contributed by atoms with van der Waals surface area (Å²) in [6, 6.07) is 0. The van der Waals surface area contributed by atoms with Gasteiger partial charge < -0.3 is 15.0 Å². The van der Waals surface area contributed by atoms with Crippen molar-refractivity contribution in [3.8, 4) is 0 Å². The van der Waals surface area contributed by atoms with E-state index in [4.69, 9.17) is 4.74 Å². The molecule has 0 bridgehead atoms. The summed E-state index contributed by atoms with van der Waals surface area (Å²) in [5, 5.41) is 2.88. The van der Waals surface area contributed by atoms with Crippen LogP contribution in [0.25, 0.3) is 0 Å². The van der Waals surface area contributed by atoms with Crippen LogP contribution in [0.4, 0.5) is 0 Å². The van der Waals surface area contributed by atoms with Crippen molar-refractivity contribution in [3.63, 3.8) is 0 Å². The number of rotatable bonds is 4. The van der Waals surface area contributed by atoms with Crippen LogP contribution < -0.4 is 5.32 Å². The maximum atomic E-state index is 11.6. The predicted octanol–water partition coefficient (Wildman–Crippen LogP) is 0.105. The third-order valence-corrected chi connectivity index (χ3v) is 2.52. The van der Waals surface area contributed by atoms with Crippen LogP contribution in [-0.4, -0.2) is 35.6 Å². The van der Waals surface area contributed by atoms with Gasteiger partial charge in [0.05, 0.1) is 12.5 Å². The first-order valence-corrected chi connectivity index (χ1v) is 5.20. The molecule has 0 radical (unpaired) electrons. The van der Waals surface area contributed by atoms with E-state index in [1.165, 1.54) is 0 Å². The van der Waals surface area contributed by atoms with Gasteiger partial charge in [0.1, 0.15) is 5.82 Å². The lowest BCUT2D eigenvalue weighted by Gasteiger charge is -2.07. The number of amides is 1. The number of nitrogens with zero attached hydrogens (tertiary/aromatic N) is 1. The Labute approximate surface area is 88.2 Å². The number of carbonyl (C=O) groups is 1. The van der Waals surface area contributed by atoms with E-state index in [-0.39, 0.29) is 11.8 Å². The predicted molar refractivity (Wildman–Crippen MR) is 54.2 cm³/mol. The molecule has 0 aromatic carbocycles. The van der Waals surface area contributed by atoms with Gasteiger partial charge in [-0.1, -0.05) is 0 Å². The van der Waals surface area contributed by atoms with Gasteiger partial charge in [0.25, 0.3) is 0 Å². The molecule has 1 amide bonds. The lowest BCUT2D eigenvalue weighted by molar-refractivity contribution is -0.124. The number of hydrogen-bond acceptors (Lipinski definition) is 3. The number of nitrogens with one attached hydrogen (secondary N) is 2. The first-order chi connectivity index (χ1) is 7.36. The van der Waals surface area contributed by atoms with Crippen LogP contribution in [0, 0.1) is 5.92 Å². The van der Waals surface area contributed by atoms with Gasteiger partial charge in [0.15, 0.2) is 0 Å². The number of imidazole rings is 1. The van der Waals surface area contributed by atoms with E-state index in [2.05, 4.69) is 15.3 Å². The minimum absolute atomic E-state index is 0.0431. The zero-order valence-electron chi connectivity index (χ0n) is 8.53. The summed E-state index contributed by atoms with van der Waals surface area (Å²) < 4.78 is 5.15. The van der Waals surface area contributed by atoms with Crippen molar-refractivity contribution in [3.05, 3.63) is 18.2 Å². The second-order valence-electron chi connectivity index (χ2n) is 3.64. The fourth-order valence-electron chi connectivity index (χ4n) is 1.62. The van der Waals surface area contributed by atoms with Crippen molar-refractivity contribution in [2.24, 2.45) is 5.92 Å². The molecule has 15 heavy (non-hydrogen) atoms. The van der Waals surface area contributed by atoms with Crippen LogP contribution in [0.5, 0.6) is 0 Å². The summed E-state index contributed by atoms with van der Waals surface area (Å²) >= 11 is 0. The maximum absolute atomic E-state index is 11.6. The molecule has 1 saturated heterocycles. The average molecular weight is 209 g/mol. The molecule has 2 N–H and O–H groups in total. The third kappa shape index (κ3) is 2.79. The van der Waals surface area contributed by atoms with E-state index in [0.717, 1.165) is 18.7 Å². The Morgan fingerprint density at radius 2 is 2.67 bits per heavy atom. The van der Waals surface area contributed by atoms with Crippen LogP contribution in [-0.2, 0) is 16.0 Å². The third-order valence-electron chi connectivity index (χ3n) is 2.52. The van der Waals surface area contributed by atoms with Gasteiger partial charge in [0, 0.05) is 32.0 Å². The molecule has 2 rings (SSSR count). The average Bonchev–Trinajstić information content (AvgIpc) is 2.90. The molecule has 2 heterocycles. The van der Waals surface area contributed by atoms with E-state index < -0.39 is 0 Å². The van der Waals surface area contributed by atoms with Gasteiger partial charge in [0.2, 0.25) is 5.91 Å². The Hall–Kier alpha value is -1.36. The summed E-state index contributed by atoms with van der Waals surface area (Å²) in [5.41, 5.74) is 0. The van der Waals surface area contributed by atoms with Crippen LogP contribution in [0.2, 0.25) is 0 Å². The highest BCUT2D eigenvalue weighted by atomic mass is 16.5. The molecule has 0 spiro atoms. The number of aromatic amines is 1. The topological polar surface area (TPSA) is 67.0 Å². The number of carbonyl (C=O) groups excluding carboxylic acids is 1. The summed E-state index contributed by atoms with van der Waals surface area (Å²) in [6.45, 7) is 1.89. The van der Waals surface area contributed by atoms with Crippen molar-refractivity contribution >= 4 is 5.91 Å². The van der Waals surface area contributed by atoms with Gasteiger partial charge in [-0.3, -0.25) is 4.79 Å². The minimum atomic E-state index is 0.0431. The van der Waals surface area contributed by atoms with E-state index in [1.54, 1.807) is 12.4 Å². The van der Waals surface area contributed by atoms with Gasteiger partial charge in [-0.2, -0.15) is 0 Å². The van der Waals surface area contributed by atoms with Crippen molar-refractivity contribution in [1.82, 2.24) is 15.3 Å². The summed E-state index contributed by atoms with van der Waals surface area (Å²) in [4.78, 5) is 18.6. The van der Waals surface area contributed by atoms with Gasteiger partial charge in [-0.25, -0.2) is 4.98 Å². The van der Waals surface area contributed by atoms with Crippen molar-refractivity contribution in [2.45, 2.75) is 12.8 Å². The van der Waals surface area contributed by atoms with Crippen molar-refractivity contribution in [1.29, 1.82) is 0 Å². The molecule has 1 aromatic heterocycles. The Morgan fingerprint density at radius 3 is 3.33 bits per heavy atom. The fourth-order valence-corrected chi connectivity index (χ4v) is 1.62. The fraction of sp³-hybridized carbons (Fsp3) is 0.600. The van der Waals surface area contributed by atoms with Crippen LogP contribution in [0.1, 0.15) is 12.2 Å². The Morgan fingerprint density at radius 1 is 1.73 bits per heavy atom. The molecular weight excluding hydrogens is 194 g/mol. The maximum Gasteiger partial charge on any atom is 0.225 e. The van der Waals surface area contributed by atoms with Crippen LogP contribution in [0.15, 0.2) is 12.4 Å². The summed E-state index contributed by atoms with van der Waals surface area (Å²) in [5.74, 6) is 1.04. The van der Waals surface area contributed by atoms with E-state index in [9.17, 15) is 4.79 Å². The number of H-pyrrole nitrogens is 1. The quantitative estimate of drug-likeness (QED) is 0.739. The molecule has 5 nitrogen and oxygen atoms in total. The van der Waals surface area contributed by atoms with E-state index in [1.807, 2.05) is 0 Å². The van der Waals surface area contributed by atoms with Gasteiger partial charge in [-0.05, 0) is 6.42 Å². The largest absolute Gasteiger partial charge is 0.381 e. The van der Waals surface area contributed by atoms with Crippen molar-refractivity contribution in [2.75, 3.05) is 19.8 Å². The smallest absolute Gasteiger partial charge is 0.225 e. The number of ether oxygens (including phenoxy) is 1. The van der Waals surface area contributed by atoms with Gasteiger partial charge >= 0.3 is 0 Å². The normalized spacial score (nSPS) is 20.4. The second-order valence-corrected chi connectivity index (χ2v) is 3.64. The van der Waals surface area contributed by atoms with Crippen molar-refractivity contribution < 1.29 is 9.53 Å². The van der Waals surface area contributed by atoms with E-state index in [0.29, 0.717) is 19.8 Å². The highest BCUT2D eigenvalue weighted by Gasteiger charge is 2.22. The molecule has 0 aliphatic carbocycles. The van der Waals surface area contributed by atoms with Gasteiger partial charge in [-0.15, -0.1) is 0 Å². The molecule has 1 aliphatic heterocycles. The van der Waals surface area contributed by atoms with Crippen LogP contribution in [0.3, 0.4) is 0 Å². The molecule has 1 unspecified atom stereocenters. The number of hydrogen-bond donors (Lipinski definition) is 2. The first-order valence-electron chi connectivity index (χ1n) is 5.20. The first kappa shape index (κ1) is 10.2. The molecule has 1 fully saturated rings. The highest BCUT2D eigenvalue weighted by Crippen LogP contribution is 2.11. The monoisotopic (exact) mass is 209 g/mol. The van der Waals surface area contributed by atoms with Crippen LogP contribution >= 0.6 is 0 Å².